The number of aryl methyl sites for hydroxylation is 1. The van der Waals surface area contributed by atoms with Crippen LogP contribution in [0, 0.1) is 35.5 Å². The van der Waals surface area contributed by atoms with Crippen LogP contribution in [0.5, 0.6) is 0 Å². The number of nitrogens with one attached hydrogen (secondary N) is 1. The molecular weight excluding hydrogens is 476 g/mol. The zero-order valence-electron chi connectivity index (χ0n) is 23.1. The summed E-state index contributed by atoms with van der Waals surface area (Å²) in [6, 6.07) is 8.20. The summed E-state index contributed by atoms with van der Waals surface area (Å²) in [6.07, 6.45) is 6.56. The molecular formula is C30H38N6O2. The minimum Gasteiger partial charge on any atom is -0.372 e. The number of hydrogen-bond donors (Lipinski definition) is 1. The van der Waals surface area contributed by atoms with Crippen molar-refractivity contribution in [3.63, 3.8) is 0 Å². The van der Waals surface area contributed by atoms with E-state index in [1.165, 1.54) is 0 Å². The van der Waals surface area contributed by atoms with Gasteiger partial charge in [0.25, 0.3) is 5.91 Å². The molecule has 1 aliphatic carbocycles. The average Bonchev–Trinajstić information content (AvgIpc) is 3.68. The van der Waals surface area contributed by atoms with Crippen LogP contribution in [0.25, 0.3) is 5.65 Å². The predicted octanol–water partition coefficient (Wildman–Crippen LogP) is 4.76. The summed E-state index contributed by atoms with van der Waals surface area (Å²) in [5.41, 5.74) is 4.82. The van der Waals surface area contributed by atoms with Crippen molar-refractivity contribution in [2.75, 3.05) is 26.2 Å². The van der Waals surface area contributed by atoms with E-state index in [4.69, 9.17) is 10.1 Å². The summed E-state index contributed by atoms with van der Waals surface area (Å²) in [7, 11) is 0. The van der Waals surface area contributed by atoms with Crippen molar-refractivity contribution in [3.05, 3.63) is 58.7 Å². The largest absolute Gasteiger partial charge is 0.372 e. The van der Waals surface area contributed by atoms with Crippen LogP contribution < -0.4 is 0 Å². The molecule has 0 radical (unpaired) electrons. The molecule has 2 aromatic rings. The van der Waals surface area contributed by atoms with Crippen molar-refractivity contribution in [1.82, 2.24) is 19.2 Å². The summed E-state index contributed by atoms with van der Waals surface area (Å²) in [6.45, 7) is 12.5. The molecule has 0 unspecified atom stereocenters. The van der Waals surface area contributed by atoms with Crippen LogP contribution in [0.4, 0.5) is 0 Å². The Balaban J connectivity index is 1.42. The standard InChI is InChI=1S/C30H38N6O2/c1-19(2)25-17-34(12-13-35(25)29(37)28-20(3)33-26-8-6-7-11-36(26)28)16-22(15-31)23-14-30(4,5)38-18-24(23)27(32)21-9-10-21/h6-8,11,16,19,21,25,32H,9-10,12-14,17-18H2,1-5H3/t25-/m0/s1. The highest BCUT2D eigenvalue weighted by Crippen LogP contribution is 2.39. The monoisotopic (exact) mass is 514 g/mol. The first-order valence-electron chi connectivity index (χ1n) is 13.7. The van der Waals surface area contributed by atoms with Gasteiger partial charge >= 0.3 is 0 Å². The van der Waals surface area contributed by atoms with Crippen LogP contribution in [0.3, 0.4) is 0 Å². The fraction of sp³-hybridized carbons (Fsp3) is 0.533. The number of nitrogens with zero attached hydrogens (tertiary/aromatic N) is 5. The van der Waals surface area contributed by atoms with E-state index in [0.29, 0.717) is 55.6 Å². The minimum atomic E-state index is -0.379. The first kappa shape index (κ1) is 26.2. The summed E-state index contributed by atoms with van der Waals surface area (Å²) < 4.78 is 7.94. The number of ether oxygens (including phenoxy) is 1. The van der Waals surface area contributed by atoms with Crippen LogP contribution in [-0.2, 0) is 4.74 Å². The molecule has 2 aliphatic heterocycles. The summed E-state index contributed by atoms with van der Waals surface area (Å²) >= 11 is 0. The number of imidazole rings is 1. The smallest absolute Gasteiger partial charge is 0.273 e. The SMILES string of the molecule is Cc1nc2ccccn2c1C(=O)N1CCN(C=C(C#N)C2=C(C(=N)C3CC3)COC(C)(C)C2)C[C@H]1C(C)C. The number of amides is 1. The van der Waals surface area contributed by atoms with E-state index < -0.39 is 0 Å². The highest BCUT2D eigenvalue weighted by atomic mass is 16.5. The molecule has 1 atom stereocenters. The predicted molar refractivity (Wildman–Crippen MR) is 147 cm³/mol. The van der Waals surface area contributed by atoms with E-state index >= 15 is 0 Å². The third kappa shape index (κ3) is 5.00. The van der Waals surface area contributed by atoms with Gasteiger partial charge in [0.15, 0.2) is 0 Å². The number of aromatic nitrogens is 2. The van der Waals surface area contributed by atoms with Crippen LogP contribution in [0.2, 0.25) is 0 Å². The van der Waals surface area contributed by atoms with Crippen molar-refractivity contribution in [2.45, 2.75) is 65.5 Å². The van der Waals surface area contributed by atoms with Crippen molar-refractivity contribution >= 4 is 17.3 Å². The van der Waals surface area contributed by atoms with Gasteiger partial charge < -0.3 is 19.9 Å². The minimum absolute atomic E-state index is 0.00177. The van der Waals surface area contributed by atoms with Gasteiger partial charge in [0.05, 0.1) is 29.5 Å². The molecule has 4 heterocycles. The van der Waals surface area contributed by atoms with E-state index in [0.717, 1.165) is 35.3 Å². The van der Waals surface area contributed by atoms with Crippen molar-refractivity contribution < 1.29 is 9.53 Å². The Hall–Kier alpha value is -3.44. The van der Waals surface area contributed by atoms with Crippen LogP contribution in [0.1, 0.15) is 63.1 Å². The molecule has 5 rings (SSSR count). The fourth-order valence-electron chi connectivity index (χ4n) is 5.69. The van der Waals surface area contributed by atoms with Gasteiger partial charge in [-0.1, -0.05) is 19.9 Å². The van der Waals surface area contributed by atoms with Crippen LogP contribution >= 0.6 is 0 Å². The molecule has 2 aromatic heterocycles. The second-order valence-corrected chi connectivity index (χ2v) is 11.8. The number of nitriles is 1. The lowest BCUT2D eigenvalue weighted by atomic mass is 9.85. The second-order valence-electron chi connectivity index (χ2n) is 11.8. The van der Waals surface area contributed by atoms with Crippen LogP contribution in [-0.4, -0.2) is 68.7 Å². The quantitative estimate of drug-likeness (QED) is 0.443. The highest BCUT2D eigenvalue weighted by Gasteiger charge is 2.37. The molecule has 38 heavy (non-hydrogen) atoms. The lowest BCUT2D eigenvalue weighted by Crippen LogP contribution is -2.56. The molecule has 8 nitrogen and oxygen atoms in total. The molecule has 0 bridgehead atoms. The van der Waals surface area contributed by atoms with E-state index in [2.05, 4.69) is 29.8 Å². The highest BCUT2D eigenvalue weighted by molar-refractivity contribution is 6.02. The number of rotatable bonds is 6. The van der Waals surface area contributed by atoms with Gasteiger partial charge in [-0.15, -0.1) is 0 Å². The number of hydrogen-bond acceptors (Lipinski definition) is 6. The molecule has 8 heteroatoms. The van der Waals surface area contributed by atoms with Crippen molar-refractivity contribution in [1.29, 1.82) is 10.7 Å². The zero-order valence-corrected chi connectivity index (χ0v) is 23.1. The number of piperazine rings is 1. The van der Waals surface area contributed by atoms with Gasteiger partial charge in [0.1, 0.15) is 17.4 Å². The first-order valence-corrected chi connectivity index (χ1v) is 13.7. The normalized spacial score (nSPS) is 22.2. The van der Waals surface area contributed by atoms with Gasteiger partial charge in [-0.25, -0.2) is 4.98 Å². The Morgan fingerprint density at radius 2 is 2.03 bits per heavy atom. The molecule has 1 amide bonds. The first-order chi connectivity index (χ1) is 18.1. The van der Waals surface area contributed by atoms with E-state index in [-0.39, 0.29) is 23.5 Å². The van der Waals surface area contributed by atoms with Gasteiger partial charge in [-0.2, -0.15) is 5.26 Å². The molecule has 1 saturated heterocycles. The molecule has 0 spiro atoms. The van der Waals surface area contributed by atoms with Gasteiger partial charge in [-0.05, 0) is 57.2 Å². The van der Waals surface area contributed by atoms with Crippen LogP contribution in [0.15, 0.2) is 47.3 Å². The summed E-state index contributed by atoms with van der Waals surface area (Å²) in [4.78, 5) is 22.6. The molecule has 1 saturated carbocycles. The van der Waals surface area contributed by atoms with E-state index in [1.54, 1.807) is 0 Å². The summed E-state index contributed by atoms with van der Waals surface area (Å²) in [5.74, 6) is 0.533. The Bertz CT molecular complexity index is 1370. The molecule has 3 aliphatic rings. The molecule has 0 aromatic carbocycles. The van der Waals surface area contributed by atoms with Crippen molar-refractivity contribution in [3.8, 4) is 6.07 Å². The lowest BCUT2D eigenvalue weighted by molar-refractivity contribution is -0.0115. The Labute approximate surface area is 225 Å². The molecule has 2 fully saturated rings. The zero-order chi connectivity index (χ0) is 27.2. The Morgan fingerprint density at radius 1 is 1.26 bits per heavy atom. The van der Waals surface area contributed by atoms with Gasteiger partial charge in [0, 0.05) is 55.7 Å². The maximum absolute atomic E-state index is 13.8. The fourth-order valence-corrected chi connectivity index (χ4v) is 5.69. The number of allylic oxidation sites excluding steroid dienone is 1. The third-order valence-corrected chi connectivity index (χ3v) is 8.03. The van der Waals surface area contributed by atoms with Crippen molar-refractivity contribution in [2.24, 2.45) is 11.8 Å². The molecule has 200 valence electrons. The summed E-state index contributed by atoms with van der Waals surface area (Å²) in [5, 5.41) is 19.0. The van der Waals surface area contributed by atoms with Gasteiger partial charge in [0.2, 0.25) is 0 Å². The number of fused-ring (bicyclic) bond motifs is 1. The maximum Gasteiger partial charge on any atom is 0.273 e. The van der Waals surface area contributed by atoms with Gasteiger partial charge in [-0.3, -0.25) is 9.20 Å². The number of pyridine rings is 1. The number of carbonyl (C=O) groups excluding carboxylic acids is 1. The number of carbonyl (C=O) groups is 1. The third-order valence-electron chi connectivity index (χ3n) is 8.03. The Morgan fingerprint density at radius 3 is 2.71 bits per heavy atom. The maximum atomic E-state index is 13.8. The van der Waals surface area contributed by atoms with E-state index in [1.807, 2.05) is 60.7 Å². The Kier molecular flexibility index (Phi) is 6.91. The lowest BCUT2D eigenvalue weighted by Gasteiger charge is -2.43. The molecule has 1 N–H and O–H groups in total. The van der Waals surface area contributed by atoms with E-state index in [9.17, 15) is 10.1 Å². The average molecular weight is 515 g/mol. The second kappa shape index (κ2) is 10.0. The topological polar surface area (TPSA) is 97.7 Å².